The Labute approximate surface area is 168 Å². The van der Waals surface area contributed by atoms with E-state index < -0.39 is 17.7 Å². The van der Waals surface area contributed by atoms with Crippen molar-refractivity contribution >= 4 is 17.6 Å². The maximum absolute atomic E-state index is 12.5. The number of fused-ring (bicyclic) bond motifs is 2. The summed E-state index contributed by atoms with van der Waals surface area (Å²) < 4.78 is 37.6. The first kappa shape index (κ1) is 21.2. The van der Waals surface area contributed by atoms with Crippen molar-refractivity contribution in [2.24, 2.45) is 11.8 Å². The van der Waals surface area contributed by atoms with Crippen molar-refractivity contribution in [3.05, 3.63) is 46.0 Å². The number of allylic oxidation sites excluding steroid dienone is 1. The fourth-order valence-corrected chi connectivity index (χ4v) is 4.29. The van der Waals surface area contributed by atoms with Gasteiger partial charge in [0.15, 0.2) is 0 Å². The third-order valence-corrected chi connectivity index (χ3v) is 6.13. The molecule has 0 aromatic heterocycles. The van der Waals surface area contributed by atoms with Gasteiger partial charge >= 0.3 is 12.1 Å². The molecule has 0 spiro atoms. The summed E-state index contributed by atoms with van der Waals surface area (Å²) in [7, 11) is 0. The highest BCUT2D eigenvalue weighted by Gasteiger charge is 2.34. The van der Waals surface area contributed by atoms with Gasteiger partial charge in [0.05, 0.1) is 10.6 Å². The van der Waals surface area contributed by atoms with Crippen LogP contribution in [0.4, 0.5) is 13.2 Å². The SMILES string of the molecule is FC(F)(F)c1cccc(CNC2CC2)c1Cl.O=C(O)C1=CCC2CCCC1C2. The molecule has 2 saturated carbocycles. The third-order valence-electron chi connectivity index (χ3n) is 5.68. The van der Waals surface area contributed by atoms with Crippen LogP contribution >= 0.6 is 11.6 Å². The molecule has 0 saturated heterocycles. The molecule has 3 aliphatic rings. The minimum atomic E-state index is -4.38. The second-order valence-corrected chi connectivity index (χ2v) is 8.24. The highest BCUT2D eigenvalue weighted by Crippen LogP contribution is 2.40. The maximum atomic E-state index is 12.5. The van der Waals surface area contributed by atoms with Gasteiger partial charge in [-0.1, -0.05) is 42.7 Å². The van der Waals surface area contributed by atoms with Crippen LogP contribution in [-0.4, -0.2) is 17.1 Å². The van der Waals surface area contributed by atoms with E-state index in [0.717, 1.165) is 44.1 Å². The monoisotopic (exact) mass is 415 g/mol. The Balaban J connectivity index is 0.000000167. The zero-order chi connectivity index (χ0) is 20.3. The van der Waals surface area contributed by atoms with Gasteiger partial charge in [-0.2, -0.15) is 13.2 Å². The van der Waals surface area contributed by atoms with E-state index in [2.05, 4.69) is 5.32 Å². The van der Waals surface area contributed by atoms with Crippen LogP contribution in [0.3, 0.4) is 0 Å². The second-order valence-electron chi connectivity index (χ2n) is 7.86. The van der Waals surface area contributed by atoms with E-state index >= 15 is 0 Å². The Morgan fingerprint density at radius 1 is 1.21 bits per heavy atom. The number of alkyl halides is 3. The third kappa shape index (κ3) is 5.51. The van der Waals surface area contributed by atoms with Crippen molar-refractivity contribution in [3.63, 3.8) is 0 Å². The molecule has 1 aromatic carbocycles. The van der Waals surface area contributed by atoms with E-state index in [1.54, 1.807) is 6.07 Å². The summed E-state index contributed by atoms with van der Waals surface area (Å²) in [5, 5.41) is 11.8. The Morgan fingerprint density at radius 2 is 1.96 bits per heavy atom. The molecule has 3 nitrogen and oxygen atoms in total. The Morgan fingerprint density at radius 3 is 2.61 bits per heavy atom. The van der Waals surface area contributed by atoms with Gasteiger partial charge in [-0.25, -0.2) is 4.79 Å². The number of halogens is 4. The summed E-state index contributed by atoms with van der Waals surface area (Å²) in [5.74, 6) is 0.460. The van der Waals surface area contributed by atoms with E-state index in [1.807, 2.05) is 6.08 Å². The fraction of sp³-hybridized carbons (Fsp3) is 0.571. The van der Waals surface area contributed by atoms with Crippen molar-refractivity contribution in [1.82, 2.24) is 5.32 Å². The summed E-state index contributed by atoms with van der Waals surface area (Å²) in [5.41, 5.74) is 0.429. The normalized spacial score (nSPS) is 24.1. The minimum Gasteiger partial charge on any atom is -0.478 e. The van der Waals surface area contributed by atoms with Crippen LogP contribution in [0, 0.1) is 11.8 Å². The van der Waals surface area contributed by atoms with Crippen LogP contribution in [0.5, 0.6) is 0 Å². The number of hydrogen-bond acceptors (Lipinski definition) is 2. The lowest BCUT2D eigenvalue weighted by Gasteiger charge is -2.32. The predicted octanol–water partition coefficient (Wildman–Crippen LogP) is 5.82. The van der Waals surface area contributed by atoms with Crippen LogP contribution in [0.15, 0.2) is 29.8 Å². The molecule has 7 heteroatoms. The zero-order valence-corrected chi connectivity index (χ0v) is 16.3. The van der Waals surface area contributed by atoms with E-state index in [-0.39, 0.29) is 5.02 Å². The van der Waals surface area contributed by atoms with E-state index in [1.165, 1.54) is 18.9 Å². The van der Waals surface area contributed by atoms with Gasteiger partial charge in [-0.15, -0.1) is 0 Å². The highest BCUT2D eigenvalue weighted by atomic mass is 35.5. The highest BCUT2D eigenvalue weighted by molar-refractivity contribution is 6.32. The molecule has 2 atom stereocenters. The number of carboxylic acid groups (broad SMARTS) is 1. The van der Waals surface area contributed by atoms with Crippen LogP contribution < -0.4 is 5.32 Å². The lowest BCUT2D eigenvalue weighted by atomic mass is 9.72. The fourth-order valence-electron chi connectivity index (χ4n) is 3.99. The van der Waals surface area contributed by atoms with Gasteiger partial charge in [-0.3, -0.25) is 0 Å². The van der Waals surface area contributed by atoms with Crippen molar-refractivity contribution in [1.29, 1.82) is 0 Å². The lowest BCUT2D eigenvalue weighted by Crippen LogP contribution is -2.24. The Kier molecular flexibility index (Phi) is 6.71. The summed E-state index contributed by atoms with van der Waals surface area (Å²) in [4.78, 5) is 10.8. The predicted molar refractivity (Wildman–Crippen MR) is 102 cm³/mol. The molecule has 0 radical (unpaired) electrons. The number of rotatable bonds is 4. The van der Waals surface area contributed by atoms with Gasteiger partial charge in [0.1, 0.15) is 0 Å². The zero-order valence-electron chi connectivity index (χ0n) is 15.6. The van der Waals surface area contributed by atoms with Crippen molar-refractivity contribution in [2.75, 3.05) is 0 Å². The Hall–Kier alpha value is -1.53. The van der Waals surface area contributed by atoms with Crippen LogP contribution in [0.25, 0.3) is 0 Å². The number of carbonyl (C=O) groups is 1. The first-order valence-electron chi connectivity index (χ1n) is 9.77. The van der Waals surface area contributed by atoms with E-state index in [0.29, 0.717) is 29.6 Å². The number of aliphatic carboxylic acids is 1. The summed E-state index contributed by atoms with van der Waals surface area (Å²) in [6.45, 7) is 0.396. The van der Waals surface area contributed by atoms with Gasteiger partial charge in [0.2, 0.25) is 0 Å². The van der Waals surface area contributed by atoms with Gasteiger partial charge < -0.3 is 10.4 Å². The van der Waals surface area contributed by atoms with E-state index in [9.17, 15) is 18.0 Å². The molecule has 4 rings (SSSR count). The summed E-state index contributed by atoms with van der Waals surface area (Å²) >= 11 is 5.74. The maximum Gasteiger partial charge on any atom is 0.417 e. The first-order chi connectivity index (χ1) is 13.3. The molecule has 0 amide bonds. The van der Waals surface area contributed by atoms with Crippen LogP contribution in [0.1, 0.15) is 56.1 Å². The van der Waals surface area contributed by atoms with Crippen LogP contribution in [0.2, 0.25) is 5.02 Å². The average Bonchev–Trinajstić information content (AvgIpc) is 3.45. The minimum absolute atomic E-state index is 0.192. The molecule has 154 valence electrons. The quantitative estimate of drug-likeness (QED) is 0.651. The van der Waals surface area contributed by atoms with Crippen molar-refractivity contribution in [2.45, 2.75) is 63.7 Å². The topological polar surface area (TPSA) is 49.3 Å². The smallest absolute Gasteiger partial charge is 0.417 e. The number of nitrogens with one attached hydrogen (secondary N) is 1. The molecule has 3 aliphatic carbocycles. The molecule has 2 fully saturated rings. The molecule has 2 N–H and O–H groups in total. The molecule has 0 aliphatic heterocycles. The average molecular weight is 416 g/mol. The second kappa shape index (κ2) is 8.87. The largest absolute Gasteiger partial charge is 0.478 e. The van der Waals surface area contributed by atoms with Gasteiger partial charge in [0, 0.05) is 18.2 Å². The number of carboxylic acids is 1. The molecule has 28 heavy (non-hydrogen) atoms. The molecule has 0 heterocycles. The molecular formula is C21H25ClF3NO2. The van der Waals surface area contributed by atoms with Gasteiger partial charge in [0.25, 0.3) is 0 Å². The standard InChI is InChI=1S/C11H11ClF3N.C10H14O2/c12-10-7(6-16-8-4-5-8)2-1-3-9(10)11(13,14)15;11-10(12)9-5-4-7-2-1-3-8(9)6-7/h1-3,8,16H,4-6H2;5,7-8H,1-4,6H2,(H,11,12). The molecule has 2 bridgehead atoms. The van der Waals surface area contributed by atoms with Gasteiger partial charge in [-0.05, 0) is 55.6 Å². The summed E-state index contributed by atoms with van der Waals surface area (Å²) in [6.07, 6.45) is 5.49. The van der Waals surface area contributed by atoms with Crippen LogP contribution in [-0.2, 0) is 17.5 Å². The number of benzene rings is 1. The van der Waals surface area contributed by atoms with Crippen molar-refractivity contribution in [3.8, 4) is 0 Å². The molecular weight excluding hydrogens is 391 g/mol. The van der Waals surface area contributed by atoms with Crippen molar-refractivity contribution < 1.29 is 23.1 Å². The molecule has 1 aromatic rings. The lowest BCUT2D eigenvalue weighted by molar-refractivity contribution is -0.137. The number of hydrogen-bond donors (Lipinski definition) is 2. The first-order valence-corrected chi connectivity index (χ1v) is 10.1. The summed E-state index contributed by atoms with van der Waals surface area (Å²) in [6, 6.07) is 4.46. The van der Waals surface area contributed by atoms with E-state index in [4.69, 9.17) is 16.7 Å². The molecule has 2 unspecified atom stereocenters. The Bertz CT molecular complexity index is 744.